The van der Waals surface area contributed by atoms with E-state index in [-0.39, 0.29) is 5.82 Å². The summed E-state index contributed by atoms with van der Waals surface area (Å²) in [6.07, 6.45) is 4.22. The molecule has 0 bridgehead atoms. The van der Waals surface area contributed by atoms with Crippen LogP contribution in [0.1, 0.15) is 36.5 Å². The van der Waals surface area contributed by atoms with Crippen molar-refractivity contribution < 1.29 is 9.52 Å². The monoisotopic (exact) mass is 378 g/mol. The fourth-order valence-electron chi connectivity index (χ4n) is 3.18. The molecule has 144 valence electrons. The average Bonchev–Trinajstić information content (AvgIpc) is 3.28. The second-order valence-corrected chi connectivity index (χ2v) is 7.51. The number of oxazole rings is 1. The molecular formula is C20H22N6O2. The summed E-state index contributed by atoms with van der Waals surface area (Å²) in [6, 6.07) is 8.09. The minimum atomic E-state index is -0.729. The number of nitrogens with zero attached hydrogens (tertiary/aromatic N) is 5. The van der Waals surface area contributed by atoms with Gasteiger partial charge in [0.2, 0.25) is 5.89 Å². The molecule has 0 spiro atoms. The zero-order valence-electron chi connectivity index (χ0n) is 16.0. The van der Waals surface area contributed by atoms with E-state index < -0.39 is 5.60 Å². The predicted molar refractivity (Wildman–Crippen MR) is 105 cm³/mol. The Balaban J connectivity index is 1.63. The van der Waals surface area contributed by atoms with Gasteiger partial charge in [-0.2, -0.15) is 5.10 Å². The van der Waals surface area contributed by atoms with Crippen LogP contribution in [0.5, 0.6) is 0 Å². The molecule has 0 aliphatic carbocycles. The topological polar surface area (TPSA) is 115 Å². The van der Waals surface area contributed by atoms with Crippen LogP contribution in [-0.2, 0) is 12.8 Å². The first-order valence-corrected chi connectivity index (χ1v) is 9.02. The third kappa shape index (κ3) is 3.59. The Bertz CT molecular complexity index is 1110. The molecule has 0 aliphatic heterocycles. The normalized spacial score (nSPS) is 12.0. The average molecular weight is 378 g/mol. The lowest BCUT2D eigenvalue weighted by atomic mass is 9.97. The van der Waals surface area contributed by atoms with Gasteiger partial charge in [-0.15, -0.1) is 0 Å². The Labute approximate surface area is 162 Å². The van der Waals surface area contributed by atoms with Gasteiger partial charge in [0.25, 0.3) is 0 Å². The maximum atomic E-state index is 9.95. The zero-order valence-corrected chi connectivity index (χ0v) is 16.0. The number of nitrogens with two attached hydrogens (primary N) is 1. The van der Waals surface area contributed by atoms with E-state index in [4.69, 9.17) is 10.2 Å². The summed E-state index contributed by atoms with van der Waals surface area (Å²) in [7, 11) is 0. The Morgan fingerprint density at radius 2 is 1.86 bits per heavy atom. The zero-order chi connectivity index (χ0) is 19.9. The van der Waals surface area contributed by atoms with E-state index in [1.54, 1.807) is 24.6 Å². The number of hydrogen-bond donors (Lipinski definition) is 2. The number of rotatable bonds is 5. The van der Waals surface area contributed by atoms with E-state index in [2.05, 4.69) is 20.1 Å². The Hall–Kier alpha value is -3.26. The highest BCUT2D eigenvalue weighted by molar-refractivity contribution is 5.66. The summed E-state index contributed by atoms with van der Waals surface area (Å²) in [6.45, 7) is 5.48. The maximum absolute atomic E-state index is 9.95. The second kappa shape index (κ2) is 6.72. The number of fused-ring (bicyclic) bond motifs is 1. The summed E-state index contributed by atoms with van der Waals surface area (Å²) in [5.41, 5.74) is 9.33. The number of anilines is 1. The van der Waals surface area contributed by atoms with Crippen LogP contribution in [-0.4, -0.2) is 35.3 Å². The molecule has 3 aromatic heterocycles. The molecule has 0 fully saturated rings. The molecule has 0 saturated carbocycles. The lowest BCUT2D eigenvalue weighted by molar-refractivity contribution is 0.0810. The number of hydrogen-bond acceptors (Lipinski definition) is 7. The van der Waals surface area contributed by atoms with Gasteiger partial charge in [0.1, 0.15) is 12.0 Å². The minimum absolute atomic E-state index is 0.276. The van der Waals surface area contributed by atoms with Gasteiger partial charge in [-0.1, -0.05) is 24.3 Å². The Morgan fingerprint density at radius 1 is 1.14 bits per heavy atom. The highest BCUT2D eigenvalue weighted by Gasteiger charge is 2.18. The van der Waals surface area contributed by atoms with Crippen LogP contribution in [0.25, 0.3) is 17.2 Å². The van der Waals surface area contributed by atoms with Crippen LogP contribution in [0.3, 0.4) is 0 Å². The first kappa shape index (κ1) is 18.1. The number of aryl methyl sites for hydroxylation is 1. The van der Waals surface area contributed by atoms with Crippen LogP contribution in [0.2, 0.25) is 0 Å². The van der Waals surface area contributed by atoms with Crippen molar-refractivity contribution in [2.24, 2.45) is 0 Å². The van der Waals surface area contributed by atoms with Crippen molar-refractivity contribution in [1.29, 1.82) is 0 Å². The van der Waals surface area contributed by atoms with Crippen molar-refractivity contribution in [2.45, 2.75) is 39.2 Å². The molecule has 28 heavy (non-hydrogen) atoms. The van der Waals surface area contributed by atoms with Gasteiger partial charge in [0.05, 0.1) is 17.5 Å². The van der Waals surface area contributed by atoms with E-state index in [1.807, 2.05) is 31.2 Å². The van der Waals surface area contributed by atoms with Crippen molar-refractivity contribution in [3.05, 3.63) is 59.4 Å². The smallest absolute Gasteiger partial charge is 0.246 e. The van der Waals surface area contributed by atoms with Crippen LogP contribution in [0.4, 0.5) is 5.82 Å². The van der Waals surface area contributed by atoms with Gasteiger partial charge in [0, 0.05) is 12.8 Å². The van der Waals surface area contributed by atoms with Crippen molar-refractivity contribution in [2.75, 3.05) is 5.73 Å². The van der Waals surface area contributed by atoms with Crippen LogP contribution in [0.15, 0.2) is 41.1 Å². The van der Waals surface area contributed by atoms with Gasteiger partial charge in [-0.05, 0) is 31.9 Å². The molecular weight excluding hydrogens is 356 g/mol. The molecule has 3 heterocycles. The molecule has 0 unspecified atom stereocenters. The van der Waals surface area contributed by atoms with Crippen LogP contribution < -0.4 is 5.73 Å². The van der Waals surface area contributed by atoms with Crippen LogP contribution >= 0.6 is 0 Å². The van der Waals surface area contributed by atoms with Gasteiger partial charge < -0.3 is 15.3 Å². The molecule has 0 aliphatic rings. The van der Waals surface area contributed by atoms with E-state index in [0.717, 1.165) is 16.8 Å². The molecule has 8 heteroatoms. The summed E-state index contributed by atoms with van der Waals surface area (Å²) < 4.78 is 7.02. The van der Waals surface area contributed by atoms with Crippen LogP contribution in [0, 0.1) is 6.92 Å². The highest BCUT2D eigenvalue weighted by Crippen LogP contribution is 2.23. The molecule has 8 nitrogen and oxygen atoms in total. The Kier molecular flexibility index (Phi) is 4.35. The number of nitrogen functional groups attached to an aromatic ring is 1. The molecule has 0 amide bonds. The van der Waals surface area contributed by atoms with Gasteiger partial charge in [-0.3, -0.25) is 0 Å². The maximum Gasteiger partial charge on any atom is 0.246 e. The molecule has 3 N–H and O–H groups in total. The molecule has 1 aromatic carbocycles. The lowest BCUT2D eigenvalue weighted by Crippen LogP contribution is -2.21. The second-order valence-electron chi connectivity index (χ2n) is 7.51. The number of aromatic nitrogens is 5. The summed E-state index contributed by atoms with van der Waals surface area (Å²) in [5.74, 6) is 1.32. The quantitative estimate of drug-likeness (QED) is 0.548. The van der Waals surface area contributed by atoms with Crippen molar-refractivity contribution in [3.8, 4) is 11.6 Å². The summed E-state index contributed by atoms with van der Waals surface area (Å²) in [5, 5.41) is 14.5. The van der Waals surface area contributed by atoms with Gasteiger partial charge >= 0.3 is 0 Å². The van der Waals surface area contributed by atoms with E-state index in [0.29, 0.717) is 35.9 Å². The number of benzene rings is 1. The SMILES string of the molecule is Cc1c(-c2ncco2)nc(N)c2nc(Cc3ccc(CC(C)(C)O)cc3)nn12. The molecule has 4 aromatic rings. The molecule has 0 radical (unpaired) electrons. The fourth-order valence-corrected chi connectivity index (χ4v) is 3.18. The van der Waals surface area contributed by atoms with E-state index in [1.165, 1.54) is 6.26 Å². The van der Waals surface area contributed by atoms with Crippen molar-refractivity contribution in [1.82, 2.24) is 24.6 Å². The van der Waals surface area contributed by atoms with E-state index >= 15 is 0 Å². The first-order chi connectivity index (χ1) is 13.3. The van der Waals surface area contributed by atoms with E-state index in [9.17, 15) is 5.11 Å². The van der Waals surface area contributed by atoms with Crippen molar-refractivity contribution >= 4 is 11.5 Å². The molecule has 0 saturated heterocycles. The minimum Gasteiger partial charge on any atom is -0.443 e. The molecule has 4 rings (SSSR count). The van der Waals surface area contributed by atoms with Gasteiger partial charge in [0.15, 0.2) is 17.3 Å². The third-order valence-corrected chi connectivity index (χ3v) is 4.43. The first-order valence-electron chi connectivity index (χ1n) is 9.02. The number of aliphatic hydroxyl groups is 1. The summed E-state index contributed by atoms with van der Waals surface area (Å²) in [4.78, 5) is 13.1. The Morgan fingerprint density at radius 3 is 2.50 bits per heavy atom. The standard InChI is InChI=1S/C20H22N6O2/c1-12-16(19-22-8-9-28-19)24-17(21)18-23-15(25-26(12)18)10-13-4-6-14(7-5-13)11-20(2,3)27/h4-9,27H,10-11H2,1-3H3,(H2,21,24). The summed E-state index contributed by atoms with van der Waals surface area (Å²) >= 11 is 0. The highest BCUT2D eigenvalue weighted by atomic mass is 16.3. The third-order valence-electron chi connectivity index (χ3n) is 4.43. The fraction of sp³-hybridized carbons (Fsp3) is 0.300. The largest absolute Gasteiger partial charge is 0.443 e. The molecule has 0 atom stereocenters. The van der Waals surface area contributed by atoms with Gasteiger partial charge in [-0.25, -0.2) is 19.5 Å². The lowest BCUT2D eigenvalue weighted by Gasteiger charge is -2.16. The predicted octanol–water partition coefficient (Wildman–Crippen LogP) is 2.57. The van der Waals surface area contributed by atoms with Crippen molar-refractivity contribution in [3.63, 3.8) is 0 Å².